The molecule has 0 aliphatic carbocycles. The number of nitrogens with zero attached hydrogens (tertiary/aromatic N) is 2. The lowest BCUT2D eigenvalue weighted by Gasteiger charge is -2.06. The Morgan fingerprint density at radius 1 is 1.28 bits per heavy atom. The molecule has 1 heterocycles. The van der Waals surface area contributed by atoms with Crippen molar-refractivity contribution in [2.24, 2.45) is 0 Å². The van der Waals surface area contributed by atoms with Gasteiger partial charge in [-0.25, -0.2) is 14.8 Å². The minimum absolute atomic E-state index is 0.0320. The van der Waals surface area contributed by atoms with Crippen LogP contribution in [0.15, 0.2) is 41.1 Å². The minimum Gasteiger partial charge on any atom is -0.456 e. The Morgan fingerprint density at radius 2 is 2.00 bits per heavy atom. The van der Waals surface area contributed by atoms with Gasteiger partial charge in [-0.05, 0) is 6.07 Å². The average molecular weight is 308 g/mol. The zero-order chi connectivity index (χ0) is 13.0. The SMILES string of the molecule is Nc1nccnc1C(=O)OCc1ccccc1Br. The van der Waals surface area contributed by atoms with Gasteiger partial charge in [-0.3, -0.25) is 0 Å². The number of nitrogens with two attached hydrogens (primary N) is 1. The van der Waals surface area contributed by atoms with Crippen LogP contribution < -0.4 is 5.73 Å². The summed E-state index contributed by atoms with van der Waals surface area (Å²) in [5, 5.41) is 0. The van der Waals surface area contributed by atoms with E-state index >= 15 is 0 Å². The lowest BCUT2D eigenvalue weighted by molar-refractivity contribution is 0.0466. The molecule has 0 aliphatic heterocycles. The molecule has 0 atom stereocenters. The van der Waals surface area contributed by atoms with E-state index in [9.17, 15) is 4.79 Å². The normalized spacial score (nSPS) is 10.1. The standard InChI is InChI=1S/C12H10BrN3O2/c13-9-4-2-1-3-8(9)7-18-12(17)10-11(14)16-6-5-15-10/h1-6H,7H2,(H2,14,16). The molecule has 1 aromatic heterocycles. The number of aromatic nitrogens is 2. The van der Waals surface area contributed by atoms with Crippen LogP contribution in [0.25, 0.3) is 0 Å². The Hall–Kier alpha value is -1.95. The van der Waals surface area contributed by atoms with Crippen molar-refractivity contribution >= 4 is 27.7 Å². The summed E-state index contributed by atoms with van der Waals surface area (Å²) in [6.45, 7) is 0.149. The van der Waals surface area contributed by atoms with Gasteiger partial charge in [-0.2, -0.15) is 0 Å². The van der Waals surface area contributed by atoms with E-state index in [2.05, 4.69) is 25.9 Å². The number of hydrogen-bond donors (Lipinski definition) is 1. The van der Waals surface area contributed by atoms with E-state index < -0.39 is 5.97 Å². The molecule has 0 aliphatic rings. The minimum atomic E-state index is -0.587. The number of anilines is 1. The van der Waals surface area contributed by atoms with Crippen LogP contribution in [0.5, 0.6) is 0 Å². The van der Waals surface area contributed by atoms with E-state index in [1.807, 2.05) is 24.3 Å². The highest BCUT2D eigenvalue weighted by Gasteiger charge is 2.14. The molecule has 6 heteroatoms. The van der Waals surface area contributed by atoms with Crippen molar-refractivity contribution in [1.82, 2.24) is 9.97 Å². The summed E-state index contributed by atoms with van der Waals surface area (Å²) in [5.41, 5.74) is 6.44. The van der Waals surface area contributed by atoms with Crippen LogP contribution in [0, 0.1) is 0 Å². The Morgan fingerprint density at radius 3 is 2.72 bits per heavy atom. The maximum Gasteiger partial charge on any atom is 0.361 e. The molecule has 0 radical (unpaired) electrons. The molecular weight excluding hydrogens is 298 g/mol. The molecule has 0 saturated carbocycles. The Bertz CT molecular complexity index is 575. The summed E-state index contributed by atoms with van der Waals surface area (Å²) in [4.78, 5) is 19.3. The highest BCUT2D eigenvalue weighted by molar-refractivity contribution is 9.10. The van der Waals surface area contributed by atoms with Gasteiger partial charge in [-0.1, -0.05) is 34.1 Å². The van der Waals surface area contributed by atoms with Crippen LogP contribution in [0.2, 0.25) is 0 Å². The molecule has 2 rings (SSSR count). The number of carbonyl (C=O) groups excluding carboxylic acids is 1. The number of benzene rings is 1. The number of rotatable bonds is 3. The number of carbonyl (C=O) groups is 1. The topological polar surface area (TPSA) is 78.1 Å². The Kier molecular flexibility index (Phi) is 3.88. The second-order valence-corrected chi connectivity index (χ2v) is 4.31. The van der Waals surface area contributed by atoms with E-state index in [-0.39, 0.29) is 18.1 Å². The zero-order valence-corrected chi connectivity index (χ0v) is 10.9. The third kappa shape index (κ3) is 2.84. The quantitative estimate of drug-likeness (QED) is 0.879. The largest absolute Gasteiger partial charge is 0.456 e. The summed E-state index contributed by atoms with van der Waals surface area (Å²) < 4.78 is 6.00. The van der Waals surface area contributed by atoms with E-state index in [0.717, 1.165) is 10.0 Å². The van der Waals surface area contributed by atoms with Crippen molar-refractivity contribution in [3.05, 3.63) is 52.4 Å². The van der Waals surface area contributed by atoms with E-state index in [0.29, 0.717) is 0 Å². The summed E-state index contributed by atoms with van der Waals surface area (Å²) in [7, 11) is 0. The molecule has 2 aromatic rings. The molecule has 0 saturated heterocycles. The summed E-state index contributed by atoms with van der Waals surface area (Å²) in [6.07, 6.45) is 2.81. The first-order valence-electron chi connectivity index (χ1n) is 5.15. The van der Waals surface area contributed by atoms with Crippen LogP contribution in [0.4, 0.5) is 5.82 Å². The molecule has 2 N–H and O–H groups in total. The predicted molar refractivity (Wildman–Crippen MR) is 69.7 cm³/mol. The van der Waals surface area contributed by atoms with Gasteiger partial charge < -0.3 is 10.5 Å². The Balaban J connectivity index is 2.06. The molecule has 0 spiro atoms. The fraction of sp³-hybridized carbons (Fsp3) is 0.0833. The molecule has 18 heavy (non-hydrogen) atoms. The smallest absolute Gasteiger partial charge is 0.361 e. The van der Waals surface area contributed by atoms with Crippen LogP contribution >= 0.6 is 15.9 Å². The number of hydrogen-bond acceptors (Lipinski definition) is 5. The van der Waals surface area contributed by atoms with Gasteiger partial charge >= 0.3 is 5.97 Å². The van der Waals surface area contributed by atoms with E-state index in [1.165, 1.54) is 12.4 Å². The molecule has 0 unspecified atom stereocenters. The van der Waals surface area contributed by atoms with Gasteiger partial charge in [0.25, 0.3) is 0 Å². The first kappa shape index (κ1) is 12.5. The van der Waals surface area contributed by atoms with Gasteiger partial charge in [0.1, 0.15) is 6.61 Å². The van der Waals surface area contributed by atoms with Crippen LogP contribution in [0.3, 0.4) is 0 Å². The Labute approximate surface area is 112 Å². The molecule has 5 nitrogen and oxygen atoms in total. The second kappa shape index (κ2) is 5.59. The maximum absolute atomic E-state index is 11.7. The van der Waals surface area contributed by atoms with Crippen molar-refractivity contribution in [3.8, 4) is 0 Å². The van der Waals surface area contributed by atoms with Crippen LogP contribution in [-0.4, -0.2) is 15.9 Å². The number of ether oxygens (including phenoxy) is 1. The first-order chi connectivity index (χ1) is 8.68. The van der Waals surface area contributed by atoms with Crippen molar-refractivity contribution in [3.63, 3.8) is 0 Å². The first-order valence-corrected chi connectivity index (χ1v) is 5.95. The summed E-state index contributed by atoms with van der Waals surface area (Å²) >= 11 is 3.37. The van der Waals surface area contributed by atoms with E-state index in [4.69, 9.17) is 10.5 Å². The number of halogens is 1. The fourth-order valence-electron chi connectivity index (χ4n) is 1.33. The van der Waals surface area contributed by atoms with Crippen molar-refractivity contribution in [2.45, 2.75) is 6.61 Å². The van der Waals surface area contributed by atoms with Crippen molar-refractivity contribution in [2.75, 3.05) is 5.73 Å². The van der Waals surface area contributed by atoms with E-state index in [1.54, 1.807) is 0 Å². The monoisotopic (exact) mass is 307 g/mol. The third-order valence-corrected chi connectivity index (χ3v) is 3.01. The second-order valence-electron chi connectivity index (χ2n) is 3.46. The summed E-state index contributed by atoms with van der Waals surface area (Å²) in [5.74, 6) is -0.522. The maximum atomic E-state index is 11.7. The predicted octanol–water partition coefficient (Wildman–Crippen LogP) is 2.18. The number of nitrogen functional groups attached to an aromatic ring is 1. The van der Waals surface area contributed by atoms with Gasteiger partial charge in [-0.15, -0.1) is 0 Å². The highest BCUT2D eigenvalue weighted by atomic mass is 79.9. The molecule has 0 fully saturated rings. The fourth-order valence-corrected chi connectivity index (χ4v) is 1.73. The highest BCUT2D eigenvalue weighted by Crippen LogP contribution is 2.17. The van der Waals surface area contributed by atoms with Gasteiger partial charge in [0.05, 0.1) is 0 Å². The molecule has 0 bridgehead atoms. The van der Waals surface area contributed by atoms with Gasteiger partial charge in [0.2, 0.25) is 0 Å². The number of esters is 1. The molecule has 1 aromatic carbocycles. The molecule has 0 amide bonds. The van der Waals surface area contributed by atoms with Crippen molar-refractivity contribution in [1.29, 1.82) is 0 Å². The zero-order valence-electron chi connectivity index (χ0n) is 9.34. The molecule has 92 valence electrons. The van der Waals surface area contributed by atoms with Crippen molar-refractivity contribution < 1.29 is 9.53 Å². The van der Waals surface area contributed by atoms with Crippen LogP contribution in [0.1, 0.15) is 16.1 Å². The van der Waals surface area contributed by atoms with Crippen LogP contribution in [-0.2, 0) is 11.3 Å². The third-order valence-electron chi connectivity index (χ3n) is 2.24. The summed E-state index contributed by atoms with van der Waals surface area (Å²) in [6, 6.07) is 7.48. The lowest BCUT2D eigenvalue weighted by atomic mass is 10.2. The molecular formula is C12H10BrN3O2. The van der Waals surface area contributed by atoms with Gasteiger partial charge in [0, 0.05) is 22.4 Å². The van der Waals surface area contributed by atoms with Gasteiger partial charge in [0.15, 0.2) is 11.5 Å². The lowest BCUT2D eigenvalue weighted by Crippen LogP contribution is -2.11. The average Bonchev–Trinajstić information content (AvgIpc) is 2.38.